The van der Waals surface area contributed by atoms with Gasteiger partial charge in [-0.25, -0.2) is 8.42 Å². The van der Waals surface area contributed by atoms with Gasteiger partial charge in [-0.1, -0.05) is 11.2 Å². The second kappa shape index (κ2) is 8.61. The predicted octanol–water partition coefficient (Wildman–Crippen LogP) is 1.91. The van der Waals surface area contributed by atoms with Crippen molar-refractivity contribution >= 4 is 27.5 Å². The summed E-state index contributed by atoms with van der Waals surface area (Å²) in [6.45, 7) is -1.41. The van der Waals surface area contributed by atoms with E-state index in [0.29, 0.717) is 18.5 Å². The second-order valence-electron chi connectivity index (χ2n) is 8.99. The van der Waals surface area contributed by atoms with Gasteiger partial charge >= 0.3 is 6.18 Å². The van der Waals surface area contributed by atoms with Crippen LogP contribution in [-0.4, -0.2) is 60.0 Å². The smallest absolute Gasteiger partial charge is 0.422 e. The second-order valence-corrected chi connectivity index (χ2v) is 11.1. The van der Waals surface area contributed by atoms with Gasteiger partial charge in [-0.15, -0.1) is 0 Å². The number of hydrogen-bond donors (Lipinski definition) is 2. The molecule has 15 heteroatoms. The van der Waals surface area contributed by atoms with E-state index in [1.54, 1.807) is 6.07 Å². The molecular weight excluding hydrogens is 519 g/mol. The first-order valence-electron chi connectivity index (χ1n) is 11.0. The molecule has 1 atom stereocenters. The lowest BCUT2D eigenvalue weighted by molar-refractivity contribution is -0.153. The molecule has 3 heterocycles. The molecule has 37 heavy (non-hydrogen) atoms. The van der Waals surface area contributed by atoms with E-state index in [9.17, 15) is 31.2 Å². The molecule has 2 aliphatic rings. The van der Waals surface area contributed by atoms with Crippen LogP contribution in [0.1, 0.15) is 33.6 Å². The average molecular weight is 539 g/mol. The quantitative estimate of drug-likeness (QED) is 0.483. The van der Waals surface area contributed by atoms with Crippen molar-refractivity contribution in [2.24, 2.45) is 0 Å². The summed E-state index contributed by atoms with van der Waals surface area (Å²) >= 11 is 0. The molecule has 1 aromatic carbocycles. The van der Waals surface area contributed by atoms with Crippen molar-refractivity contribution in [2.45, 2.75) is 31.0 Å². The highest BCUT2D eigenvalue weighted by molar-refractivity contribution is 7.91. The molecule has 2 N–H and O–H groups in total. The first-order valence-corrected chi connectivity index (χ1v) is 13.1. The fourth-order valence-corrected chi connectivity index (χ4v) is 5.28. The lowest BCUT2D eigenvalue weighted by Gasteiger charge is -2.35. The first-order chi connectivity index (χ1) is 17.3. The number of rotatable bonds is 6. The van der Waals surface area contributed by atoms with E-state index < -0.39 is 45.7 Å². The number of aryl methyl sites for hydroxylation is 1. The number of ether oxygens (including phenoxy) is 1. The van der Waals surface area contributed by atoms with Crippen molar-refractivity contribution in [3.63, 3.8) is 0 Å². The van der Waals surface area contributed by atoms with E-state index in [2.05, 4.69) is 20.9 Å². The van der Waals surface area contributed by atoms with Gasteiger partial charge < -0.3 is 19.9 Å². The van der Waals surface area contributed by atoms with E-state index in [1.807, 2.05) is 0 Å². The normalized spacial score (nSPS) is 18.9. The molecule has 1 aliphatic carbocycles. The molecule has 3 aromatic rings. The van der Waals surface area contributed by atoms with Crippen LogP contribution >= 0.6 is 0 Å². The van der Waals surface area contributed by atoms with E-state index in [0.717, 1.165) is 17.4 Å². The Morgan fingerprint density at radius 3 is 2.78 bits per heavy atom. The number of hydrogen-bond acceptors (Lipinski definition) is 8. The lowest BCUT2D eigenvalue weighted by atomic mass is 9.82. The predicted molar refractivity (Wildman–Crippen MR) is 121 cm³/mol. The molecule has 11 nitrogen and oxygen atoms in total. The Kier molecular flexibility index (Phi) is 5.77. The average Bonchev–Trinajstić information content (AvgIpc) is 3.50. The van der Waals surface area contributed by atoms with Crippen molar-refractivity contribution < 1.29 is 40.4 Å². The Labute approximate surface area is 207 Å². The maximum absolute atomic E-state index is 13.4. The Morgan fingerprint density at radius 1 is 1.32 bits per heavy atom. The van der Waals surface area contributed by atoms with Crippen LogP contribution in [0.5, 0.6) is 5.75 Å². The topological polar surface area (TPSA) is 145 Å². The molecule has 196 valence electrons. The van der Waals surface area contributed by atoms with Crippen LogP contribution in [0.3, 0.4) is 0 Å². The van der Waals surface area contributed by atoms with Gasteiger partial charge in [0.1, 0.15) is 23.3 Å². The summed E-state index contributed by atoms with van der Waals surface area (Å²) in [5.41, 5.74) is 0.963. The summed E-state index contributed by atoms with van der Waals surface area (Å²) < 4.78 is 71.7. The van der Waals surface area contributed by atoms with Crippen LogP contribution in [0.25, 0.3) is 5.82 Å². The zero-order valence-electron chi connectivity index (χ0n) is 19.3. The van der Waals surface area contributed by atoms with Crippen molar-refractivity contribution in [3.8, 4) is 11.6 Å². The molecule has 0 unspecified atom stereocenters. The van der Waals surface area contributed by atoms with Gasteiger partial charge in [-0.2, -0.15) is 23.0 Å². The van der Waals surface area contributed by atoms with Crippen LogP contribution in [0, 0.1) is 0 Å². The van der Waals surface area contributed by atoms with Crippen molar-refractivity contribution in [1.82, 2.24) is 20.3 Å². The summed E-state index contributed by atoms with van der Waals surface area (Å²) in [5, 5.41) is 13.7. The molecule has 5 rings (SSSR count). The van der Waals surface area contributed by atoms with Gasteiger partial charge in [0, 0.05) is 18.7 Å². The third-order valence-electron chi connectivity index (χ3n) is 6.12. The summed E-state index contributed by atoms with van der Waals surface area (Å²) in [6, 6.07) is 6.03. The van der Waals surface area contributed by atoms with Crippen LogP contribution < -0.4 is 15.4 Å². The number of benzene rings is 1. The number of nitrogens with zero attached hydrogens (tertiary/aromatic N) is 3. The van der Waals surface area contributed by atoms with E-state index >= 15 is 0 Å². The van der Waals surface area contributed by atoms with E-state index in [1.165, 1.54) is 29.1 Å². The minimum Gasteiger partial charge on any atom is -0.484 e. The zero-order valence-corrected chi connectivity index (χ0v) is 20.1. The third kappa shape index (κ3) is 4.90. The highest BCUT2D eigenvalue weighted by Gasteiger charge is 2.47. The Balaban J connectivity index is 1.49. The molecule has 2 amide bonds. The highest BCUT2D eigenvalue weighted by atomic mass is 32.2. The van der Waals surface area contributed by atoms with Gasteiger partial charge in [0.25, 0.3) is 5.91 Å². The number of anilines is 1. The number of amides is 2. The van der Waals surface area contributed by atoms with Crippen LogP contribution in [0.4, 0.5) is 19.0 Å². The summed E-state index contributed by atoms with van der Waals surface area (Å²) in [7, 11) is -3.64. The van der Waals surface area contributed by atoms with Crippen LogP contribution in [0.15, 0.2) is 35.1 Å². The van der Waals surface area contributed by atoms with E-state index in [4.69, 9.17) is 9.26 Å². The fraction of sp³-hybridized carbons (Fsp3) is 0.364. The number of halogens is 3. The van der Waals surface area contributed by atoms with Gasteiger partial charge in [0.15, 0.2) is 28.1 Å². The maximum atomic E-state index is 13.4. The monoisotopic (exact) mass is 539 g/mol. The van der Waals surface area contributed by atoms with Crippen molar-refractivity contribution in [2.75, 3.05) is 23.9 Å². The molecule has 1 spiro atoms. The summed E-state index contributed by atoms with van der Waals surface area (Å²) in [5.74, 6) is -2.05. The molecule has 0 radical (unpaired) electrons. The van der Waals surface area contributed by atoms with Gasteiger partial charge in [0.05, 0.1) is 11.2 Å². The number of fused-ring (bicyclic) bond motifs is 3. The van der Waals surface area contributed by atoms with Crippen LogP contribution in [0.2, 0.25) is 0 Å². The number of carbonyl (C=O) groups excluding carboxylic acids is 2. The largest absolute Gasteiger partial charge is 0.484 e. The minimum atomic E-state index is -4.47. The molecule has 0 fully saturated rings. The lowest BCUT2D eigenvalue weighted by Crippen LogP contribution is -2.49. The number of carbonyl (C=O) groups is 2. The Hall–Kier alpha value is -3.88. The molecular formula is C22H20F3N5O6S. The first kappa shape index (κ1) is 24.8. The van der Waals surface area contributed by atoms with Crippen molar-refractivity contribution in [3.05, 3.63) is 52.9 Å². The maximum Gasteiger partial charge on any atom is 0.422 e. The fourth-order valence-electron chi connectivity index (χ4n) is 4.73. The number of nitrogens with one attached hydrogen (secondary N) is 2. The minimum absolute atomic E-state index is 0.0501. The summed E-state index contributed by atoms with van der Waals surface area (Å²) in [4.78, 5) is 25.8. The SMILES string of the molecule is CS(=O)(=O)CC(=O)Nc1c2c(nn1-c1ccon1)C[C@]1(CCc3cc(OCC(F)(F)F)ccc31)NC2=O. The van der Waals surface area contributed by atoms with Gasteiger partial charge in [0.2, 0.25) is 5.91 Å². The highest BCUT2D eigenvalue weighted by Crippen LogP contribution is 2.44. The van der Waals surface area contributed by atoms with Crippen LogP contribution in [-0.2, 0) is 33.0 Å². The standard InChI is InChI=1S/C22H20F3N5O6S/c1-37(33,34)10-17(31)26-19-18-15(28-30(19)16-5-7-36-29-16)9-21(27-20(18)32)6-4-12-8-13(2-3-14(12)21)35-11-22(23,24)25/h2-3,5,7-8H,4,6,9-11H2,1H3,(H,26,31)(H,27,32)/t21-/m0/s1. The number of sulfone groups is 1. The number of aromatic nitrogens is 3. The molecule has 0 bridgehead atoms. The molecule has 1 aliphatic heterocycles. The molecule has 2 aromatic heterocycles. The van der Waals surface area contributed by atoms with Gasteiger partial charge in [-0.3, -0.25) is 9.59 Å². The van der Waals surface area contributed by atoms with Crippen molar-refractivity contribution in [1.29, 1.82) is 0 Å². The zero-order chi connectivity index (χ0) is 26.6. The molecule has 0 saturated heterocycles. The van der Waals surface area contributed by atoms with Gasteiger partial charge in [-0.05, 0) is 36.1 Å². The third-order valence-corrected chi connectivity index (χ3v) is 6.90. The summed E-state index contributed by atoms with van der Waals surface area (Å²) in [6.07, 6.45) is -1.14. The Morgan fingerprint density at radius 2 is 2.11 bits per heavy atom. The number of alkyl halides is 3. The van der Waals surface area contributed by atoms with E-state index in [-0.39, 0.29) is 29.4 Å². The molecule has 0 saturated carbocycles. The Bertz CT molecular complexity index is 1500.